The minimum Gasteiger partial charge on any atom is -0.354 e. The molecule has 1 fully saturated rings. The van der Waals surface area contributed by atoms with Crippen molar-refractivity contribution in [1.29, 1.82) is 0 Å². The van der Waals surface area contributed by atoms with Crippen molar-refractivity contribution in [2.24, 2.45) is 0 Å². The molecule has 0 bridgehead atoms. The Hall–Kier alpha value is -2.70. The van der Waals surface area contributed by atoms with E-state index in [1.54, 1.807) is 6.92 Å². The molecule has 0 aliphatic carbocycles. The third-order valence-corrected chi connectivity index (χ3v) is 3.73. The number of benzene rings is 1. The van der Waals surface area contributed by atoms with Crippen LogP contribution in [0.15, 0.2) is 30.3 Å². The average Bonchev–Trinajstić information content (AvgIpc) is 2.76. The van der Waals surface area contributed by atoms with Gasteiger partial charge in [0, 0.05) is 13.1 Å². The largest absolute Gasteiger partial charge is 0.354 e. The Bertz CT molecular complexity index is 629. The fourth-order valence-corrected chi connectivity index (χ4v) is 2.33. The van der Waals surface area contributed by atoms with Crippen molar-refractivity contribution in [2.45, 2.75) is 19.8 Å². The topological polar surface area (TPSA) is 86.8 Å². The van der Waals surface area contributed by atoms with Gasteiger partial charge in [0.15, 0.2) is 0 Å². The first-order valence-corrected chi connectivity index (χ1v) is 7.44. The molecule has 5 amide bonds. The van der Waals surface area contributed by atoms with Crippen LogP contribution in [0.25, 0.3) is 0 Å². The highest BCUT2D eigenvalue weighted by atomic mass is 16.2. The summed E-state index contributed by atoms with van der Waals surface area (Å²) in [6.45, 7) is 3.59. The number of carbonyl (C=O) groups excluding carboxylic acids is 4. The number of nitrogens with one attached hydrogen (secondary N) is 1. The molecule has 23 heavy (non-hydrogen) atoms. The minimum atomic E-state index is -0.955. The zero-order chi connectivity index (χ0) is 17.0. The van der Waals surface area contributed by atoms with Crippen LogP contribution in [0.3, 0.4) is 0 Å². The van der Waals surface area contributed by atoms with Crippen molar-refractivity contribution < 1.29 is 19.2 Å². The van der Waals surface area contributed by atoms with E-state index < -0.39 is 30.3 Å². The van der Waals surface area contributed by atoms with E-state index >= 15 is 0 Å². The molecule has 122 valence electrons. The molecule has 1 N–H and O–H groups in total. The number of urea groups is 1. The van der Waals surface area contributed by atoms with Crippen LogP contribution in [0.4, 0.5) is 4.79 Å². The molecule has 1 saturated heterocycles. The van der Waals surface area contributed by atoms with Crippen molar-refractivity contribution in [1.82, 2.24) is 15.1 Å². The Morgan fingerprint density at radius 2 is 1.70 bits per heavy atom. The maximum absolute atomic E-state index is 11.9. The van der Waals surface area contributed by atoms with Crippen LogP contribution in [0.5, 0.6) is 0 Å². The van der Waals surface area contributed by atoms with Gasteiger partial charge in [0.25, 0.3) is 0 Å². The summed E-state index contributed by atoms with van der Waals surface area (Å²) in [7, 11) is 0. The Balaban J connectivity index is 1.89. The molecule has 0 spiro atoms. The van der Waals surface area contributed by atoms with Crippen LogP contribution < -0.4 is 5.32 Å². The number of carbonyl (C=O) groups is 4. The highest BCUT2D eigenvalue weighted by Crippen LogP contribution is 2.14. The van der Waals surface area contributed by atoms with Crippen LogP contribution in [-0.4, -0.2) is 53.2 Å². The zero-order valence-electron chi connectivity index (χ0n) is 13.1. The zero-order valence-corrected chi connectivity index (χ0v) is 13.1. The molecule has 0 radical (unpaired) electrons. The van der Waals surface area contributed by atoms with Crippen LogP contribution in [0, 0.1) is 0 Å². The molecule has 1 heterocycles. The van der Waals surface area contributed by atoms with Gasteiger partial charge in [-0.1, -0.05) is 37.3 Å². The molecule has 0 aromatic heterocycles. The van der Waals surface area contributed by atoms with Crippen molar-refractivity contribution in [3.05, 3.63) is 35.9 Å². The number of nitrogens with zero attached hydrogens (tertiary/aromatic N) is 2. The summed E-state index contributed by atoms with van der Waals surface area (Å²) >= 11 is 0. The Morgan fingerprint density at radius 3 is 2.26 bits per heavy atom. The lowest BCUT2D eigenvalue weighted by Gasteiger charge is -2.16. The summed E-state index contributed by atoms with van der Waals surface area (Å²) in [5.41, 5.74) is 1.08. The van der Waals surface area contributed by atoms with Gasteiger partial charge in [0.05, 0.1) is 0 Å². The maximum atomic E-state index is 11.9. The lowest BCUT2D eigenvalue weighted by Crippen LogP contribution is -2.42. The van der Waals surface area contributed by atoms with E-state index in [0.29, 0.717) is 11.4 Å². The smallest absolute Gasteiger partial charge is 0.334 e. The SMILES string of the molecule is CCN1C(=O)C(=O)N(CC(=O)NC[C@@H](C)c2ccccc2)C1=O. The van der Waals surface area contributed by atoms with Gasteiger partial charge in [0.1, 0.15) is 6.54 Å². The second-order valence-corrected chi connectivity index (χ2v) is 5.34. The van der Waals surface area contributed by atoms with Gasteiger partial charge in [0.2, 0.25) is 5.91 Å². The highest BCUT2D eigenvalue weighted by molar-refractivity contribution is 6.45. The lowest BCUT2D eigenvalue weighted by molar-refractivity contribution is -0.143. The standard InChI is InChI=1S/C16H19N3O4/c1-3-18-14(21)15(22)19(16(18)23)10-13(20)17-9-11(2)12-7-5-4-6-8-12/h4-8,11H,3,9-10H2,1-2H3,(H,17,20)/t11-/m1/s1. The van der Waals surface area contributed by atoms with Crippen molar-refractivity contribution in [3.8, 4) is 0 Å². The van der Waals surface area contributed by atoms with E-state index in [2.05, 4.69) is 5.32 Å². The van der Waals surface area contributed by atoms with Crippen LogP contribution in [0.1, 0.15) is 25.3 Å². The van der Waals surface area contributed by atoms with Gasteiger partial charge < -0.3 is 5.32 Å². The number of rotatable bonds is 6. The van der Waals surface area contributed by atoms with Gasteiger partial charge in [-0.3, -0.25) is 19.3 Å². The summed E-state index contributed by atoms with van der Waals surface area (Å²) in [4.78, 5) is 48.6. The number of hydrogen-bond donors (Lipinski definition) is 1. The average molecular weight is 317 g/mol. The van der Waals surface area contributed by atoms with E-state index in [-0.39, 0.29) is 12.5 Å². The first-order chi connectivity index (χ1) is 11.0. The molecular formula is C16H19N3O4. The van der Waals surface area contributed by atoms with Crippen LogP contribution in [-0.2, 0) is 14.4 Å². The van der Waals surface area contributed by atoms with E-state index in [1.165, 1.54) is 0 Å². The maximum Gasteiger partial charge on any atom is 0.334 e. The second kappa shape index (κ2) is 7.04. The molecular weight excluding hydrogens is 298 g/mol. The molecule has 1 atom stereocenters. The monoisotopic (exact) mass is 317 g/mol. The lowest BCUT2D eigenvalue weighted by atomic mass is 10.0. The highest BCUT2D eigenvalue weighted by Gasteiger charge is 2.44. The van der Waals surface area contributed by atoms with Gasteiger partial charge >= 0.3 is 17.8 Å². The van der Waals surface area contributed by atoms with Gasteiger partial charge in [-0.25, -0.2) is 9.69 Å². The summed E-state index contributed by atoms with van der Waals surface area (Å²) < 4.78 is 0. The van der Waals surface area contributed by atoms with Crippen molar-refractivity contribution in [2.75, 3.05) is 19.6 Å². The predicted octanol–water partition coefficient (Wildman–Crippen LogP) is 0.717. The Labute approximate surface area is 134 Å². The predicted molar refractivity (Wildman–Crippen MR) is 82.4 cm³/mol. The molecule has 0 saturated carbocycles. The molecule has 1 aliphatic rings. The Morgan fingerprint density at radius 1 is 1.09 bits per heavy atom. The second-order valence-electron chi connectivity index (χ2n) is 5.34. The van der Waals surface area contributed by atoms with E-state index in [4.69, 9.17) is 0 Å². The summed E-state index contributed by atoms with van der Waals surface area (Å²) in [5, 5.41) is 2.68. The van der Waals surface area contributed by atoms with Crippen LogP contribution in [0.2, 0.25) is 0 Å². The molecule has 0 unspecified atom stereocenters. The number of amides is 5. The van der Waals surface area contributed by atoms with Gasteiger partial charge in [-0.2, -0.15) is 0 Å². The minimum absolute atomic E-state index is 0.0962. The van der Waals surface area contributed by atoms with Crippen molar-refractivity contribution in [3.63, 3.8) is 0 Å². The van der Waals surface area contributed by atoms with Gasteiger partial charge in [-0.05, 0) is 18.4 Å². The molecule has 2 rings (SSSR count). The van der Waals surface area contributed by atoms with E-state index in [0.717, 1.165) is 10.5 Å². The number of likely N-dealkylation sites (N-methyl/N-ethyl adjacent to an activating group) is 1. The summed E-state index contributed by atoms with van der Waals surface area (Å²) in [5.74, 6) is -2.22. The molecule has 1 aliphatic heterocycles. The third-order valence-electron chi connectivity index (χ3n) is 3.73. The van der Waals surface area contributed by atoms with E-state index in [9.17, 15) is 19.2 Å². The number of imide groups is 2. The first kappa shape index (κ1) is 16.7. The first-order valence-electron chi connectivity index (χ1n) is 7.44. The number of hydrogen-bond acceptors (Lipinski definition) is 4. The molecule has 7 nitrogen and oxygen atoms in total. The van der Waals surface area contributed by atoms with Crippen LogP contribution >= 0.6 is 0 Å². The third kappa shape index (κ3) is 3.56. The fourth-order valence-electron chi connectivity index (χ4n) is 2.33. The molecule has 1 aromatic carbocycles. The molecule has 7 heteroatoms. The normalized spacial score (nSPS) is 16.0. The van der Waals surface area contributed by atoms with E-state index in [1.807, 2.05) is 37.3 Å². The summed E-state index contributed by atoms with van der Waals surface area (Å²) in [6, 6.07) is 8.93. The van der Waals surface area contributed by atoms with Gasteiger partial charge in [-0.15, -0.1) is 0 Å². The fraction of sp³-hybridized carbons (Fsp3) is 0.375. The molecule has 1 aromatic rings. The summed E-state index contributed by atoms with van der Waals surface area (Å²) in [6.07, 6.45) is 0. The quantitative estimate of drug-likeness (QED) is 0.618. The Kier molecular flexibility index (Phi) is 5.10. The van der Waals surface area contributed by atoms with Crippen molar-refractivity contribution >= 4 is 23.8 Å².